The van der Waals surface area contributed by atoms with Gasteiger partial charge in [-0.05, 0) is 54.1 Å². The molecule has 0 N–H and O–H groups in total. The predicted octanol–water partition coefficient (Wildman–Crippen LogP) is 3.52. The first kappa shape index (κ1) is 24.4. The van der Waals surface area contributed by atoms with Crippen molar-refractivity contribution in [2.45, 2.75) is 4.90 Å². The number of rotatable bonds is 8. The van der Waals surface area contributed by atoms with Crippen molar-refractivity contribution < 1.29 is 32.2 Å². The third-order valence-electron chi connectivity index (χ3n) is 5.09. The molecule has 0 unspecified atom stereocenters. The fourth-order valence-corrected chi connectivity index (χ4v) is 4.94. The number of nitrogens with zero attached hydrogens (tertiary/aromatic N) is 2. The fraction of sp³-hybridized carbons (Fsp3) is 0.200. The highest BCUT2D eigenvalue weighted by molar-refractivity contribution is 7.89. The van der Waals surface area contributed by atoms with Crippen molar-refractivity contribution in [2.24, 2.45) is 0 Å². The molecule has 9 nitrogen and oxygen atoms in total. The molecule has 0 radical (unpaired) electrons. The highest BCUT2D eigenvalue weighted by atomic mass is 32.2. The van der Waals surface area contributed by atoms with E-state index in [-0.39, 0.29) is 23.7 Å². The van der Waals surface area contributed by atoms with Crippen LogP contribution in [0.2, 0.25) is 0 Å². The average Bonchev–Trinajstić information content (AvgIpc) is 2.89. The Hall–Kier alpha value is -3.73. The number of benzene rings is 2. The molecule has 3 aromatic rings. The van der Waals surface area contributed by atoms with Gasteiger partial charge in [-0.3, -0.25) is 0 Å². The molecular weight excluding hydrogens is 472 g/mol. The van der Waals surface area contributed by atoms with Gasteiger partial charge in [0.05, 0.1) is 20.3 Å². The number of carbonyl (C=O) groups is 1. The normalized spacial score (nSPS) is 14.5. The minimum atomic E-state index is -3.78. The maximum absolute atomic E-state index is 13.1. The molecule has 182 valence electrons. The first-order valence-electron chi connectivity index (χ1n) is 10.8. The lowest BCUT2D eigenvalue weighted by atomic mass is 10.2. The number of pyridine rings is 1. The Balaban J connectivity index is 1.43. The van der Waals surface area contributed by atoms with Crippen molar-refractivity contribution in [1.29, 1.82) is 0 Å². The van der Waals surface area contributed by atoms with E-state index in [1.165, 1.54) is 29.6 Å². The summed E-state index contributed by atoms with van der Waals surface area (Å²) in [6.45, 7) is 1.21. The van der Waals surface area contributed by atoms with Gasteiger partial charge in [-0.1, -0.05) is 12.1 Å². The number of hydrogen-bond donors (Lipinski definition) is 0. The first-order chi connectivity index (χ1) is 17.0. The molecule has 2 aromatic carbocycles. The molecule has 4 rings (SSSR count). The van der Waals surface area contributed by atoms with E-state index in [2.05, 4.69) is 4.98 Å². The summed E-state index contributed by atoms with van der Waals surface area (Å²) in [4.78, 5) is 16.4. The molecule has 0 bridgehead atoms. The highest BCUT2D eigenvalue weighted by Gasteiger charge is 2.29. The van der Waals surface area contributed by atoms with Gasteiger partial charge in [0.15, 0.2) is 0 Å². The largest absolute Gasteiger partial charge is 0.495 e. The van der Waals surface area contributed by atoms with E-state index in [4.69, 9.17) is 18.9 Å². The van der Waals surface area contributed by atoms with Crippen molar-refractivity contribution in [3.8, 4) is 23.1 Å². The van der Waals surface area contributed by atoms with E-state index in [0.29, 0.717) is 36.2 Å². The number of methoxy groups -OCH3 is 1. The van der Waals surface area contributed by atoms with Crippen LogP contribution in [0.4, 0.5) is 0 Å². The molecule has 1 aliphatic heterocycles. The van der Waals surface area contributed by atoms with Crippen molar-refractivity contribution in [3.63, 3.8) is 0 Å². The maximum atomic E-state index is 13.1. The van der Waals surface area contributed by atoms with Crippen LogP contribution >= 0.6 is 0 Å². The second-order valence-electron chi connectivity index (χ2n) is 7.42. The summed E-state index contributed by atoms with van der Waals surface area (Å²) in [5.41, 5.74) is 0.508. The smallest absolute Gasteiger partial charge is 0.336 e. The Morgan fingerprint density at radius 3 is 2.46 bits per heavy atom. The third-order valence-corrected chi connectivity index (χ3v) is 7.01. The van der Waals surface area contributed by atoms with E-state index in [1.807, 2.05) is 6.07 Å². The molecule has 1 saturated heterocycles. The highest BCUT2D eigenvalue weighted by Crippen LogP contribution is 2.29. The molecule has 10 heteroatoms. The van der Waals surface area contributed by atoms with Crippen LogP contribution in [0.15, 0.2) is 77.8 Å². The monoisotopic (exact) mass is 496 g/mol. The fourth-order valence-electron chi connectivity index (χ4n) is 3.34. The van der Waals surface area contributed by atoms with Crippen LogP contribution in [0.25, 0.3) is 6.08 Å². The van der Waals surface area contributed by atoms with Crippen LogP contribution in [0.5, 0.6) is 23.1 Å². The maximum Gasteiger partial charge on any atom is 0.336 e. The number of ether oxygens (including phenoxy) is 4. The number of aromatic nitrogens is 1. The third kappa shape index (κ3) is 6.24. The predicted molar refractivity (Wildman–Crippen MR) is 128 cm³/mol. The lowest BCUT2D eigenvalue weighted by Gasteiger charge is -2.26. The lowest BCUT2D eigenvalue weighted by Crippen LogP contribution is -2.40. The van der Waals surface area contributed by atoms with Gasteiger partial charge in [-0.2, -0.15) is 4.31 Å². The zero-order valence-electron chi connectivity index (χ0n) is 19.0. The van der Waals surface area contributed by atoms with Crippen molar-refractivity contribution in [3.05, 3.63) is 78.5 Å². The van der Waals surface area contributed by atoms with Crippen LogP contribution < -0.4 is 14.2 Å². The molecule has 0 atom stereocenters. The first-order valence-corrected chi connectivity index (χ1v) is 12.2. The van der Waals surface area contributed by atoms with Gasteiger partial charge in [0.2, 0.25) is 15.9 Å². The van der Waals surface area contributed by atoms with E-state index in [0.717, 1.165) is 0 Å². The summed E-state index contributed by atoms with van der Waals surface area (Å²) in [5.74, 6) is 0.945. The average molecular weight is 497 g/mol. The van der Waals surface area contributed by atoms with Gasteiger partial charge >= 0.3 is 5.97 Å². The molecular formula is C25H24N2O7S. The second-order valence-corrected chi connectivity index (χ2v) is 9.33. The number of sulfonamides is 1. The summed E-state index contributed by atoms with van der Waals surface area (Å²) < 4.78 is 49.0. The zero-order chi connectivity index (χ0) is 24.7. The summed E-state index contributed by atoms with van der Waals surface area (Å²) in [6, 6.07) is 16.5. The number of esters is 1. The van der Waals surface area contributed by atoms with Crippen molar-refractivity contribution >= 4 is 22.1 Å². The van der Waals surface area contributed by atoms with Gasteiger partial charge < -0.3 is 18.9 Å². The molecule has 1 aromatic heterocycles. The van der Waals surface area contributed by atoms with E-state index in [9.17, 15) is 13.2 Å². The van der Waals surface area contributed by atoms with E-state index < -0.39 is 16.0 Å². The topological polar surface area (TPSA) is 104 Å². The Kier molecular flexibility index (Phi) is 7.76. The van der Waals surface area contributed by atoms with Crippen LogP contribution in [0.3, 0.4) is 0 Å². The summed E-state index contributed by atoms with van der Waals surface area (Å²) in [7, 11) is -2.37. The summed E-state index contributed by atoms with van der Waals surface area (Å²) in [6.07, 6.45) is 4.34. The molecule has 1 fully saturated rings. The Morgan fingerprint density at radius 2 is 1.77 bits per heavy atom. The van der Waals surface area contributed by atoms with Crippen LogP contribution in [0, 0.1) is 0 Å². The Labute approximate surface area is 203 Å². The summed E-state index contributed by atoms with van der Waals surface area (Å²) in [5, 5.41) is 0. The lowest BCUT2D eigenvalue weighted by molar-refractivity contribution is -0.128. The quantitative estimate of drug-likeness (QED) is 0.265. The Bertz CT molecular complexity index is 1290. The summed E-state index contributed by atoms with van der Waals surface area (Å²) >= 11 is 0. The van der Waals surface area contributed by atoms with Gasteiger partial charge in [0.1, 0.15) is 22.1 Å². The van der Waals surface area contributed by atoms with Crippen molar-refractivity contribution in [1.82, 2.24) is 9.29 Å². The molecule has 1 aliphatic rings. The van der Waals surface area contributed by atoms with Gasteiger partial charge in [-0.25, -0.2) is 18.2 Å². The van der Waals surface area contributed by atoms with Crippen LogP contribution in [0.1, 0.15) is 5.56 Å². The van der Waals surface area contributed by atoms with Crippen molar-refractivity contribution in [2.75, 3.05) is 33.4 Å². The number of carbonyl (C=O) groups excluding carboxylic acids is 1. The van der Waals surface area contributed by atoms with Crippen LogP contribution in [-0.4, -0.2) is 57.1 Å². The van der Waals surface area contributed by atoms with Gasteiger partial charge in [0, 0.05) is 31.4 Å². The molecule has 0 amide bonds. The van der Waals surface area contributed by atoms with Gasteiger partial charge in [0.25, 0.3) is 0 Å². The van der Waals surface area contributed by atoms with Crippen LogP contribution in [-0.2, 0) is 19.6 Å². The minimum absolute atomic E-state index is 0.0286. The molecule has 0 spiro atoms. The van der Waals surface area contributed by atoms with Gasteiger partial charge in [-0.15, -0.1) is 0 Å². The SMILES string of the molecule is COc1ccc(C=CC(=O)Oc2ccc(Oc3ccccn3)cc2)cc1S(=O)(=O)N1CCOCC1. The molecule has 2 heterocycles. The Morgan fingerprint density at radius 1 is 1.03 bits per heavy atom. The van der Waals surface area contributed by atoms with E-state index >= 15 is 0 Å². The molecule has 35 heavy (non-hydrogen) atoms. The number of morpholine rings is 1. The zero-order valence-corrected chi connectivity index (χ0v) is 19.8. The standard InChI is InChI=1S/C25H24N2O7S/c1-31-22-11-5-19(18-23(22)35(29,30)27-14-16-32-17-15-27)6-12-25(28)34-21-9-7-20(8-10-21)33-24-4-2-3-13-26-24/h2-13,18H,14-17H2,1H3. The van der Waals surface area contributed by atoms with E-state index in [1.54, 1.807) is 54.7 Å². The minimum Gasteiger partial charge on any atom is -0.495 e. The molecule has 0 saturated carbocycles. The number of hydrogen-bond acceptors (Lipinski definition) is 8. The molecule has 0 aliphatic carbocycles. The second kappa shape index (κ2) is 11.1.